The molecule has 0 aliphatic carbocycles. The Balaban J connectivity index is 2.49. The third-order valence-corrected chi connectivity index (χ3v) is 4.15. The van der Waals surface area contributed by atoms with Gasteiger partial charge >= 0.3 is 11.9 Å². The maximum absolute atomic E-state index is 12.6. The Labute approximate surface area is 160 Å². The van der Waals surface area contributed by atoms with E-state index in [4.69, 9.17) is 14.5 Å². The predicted molar refractivity (Wildman–Crippen MR) is 105 cm³/mol. The standard InChI is InChI=1S/C22H25NO4/c1-4-27-22(25)20(16(2)15-19(24)26-3)23-21(17-11-7-5-8-12-17)18-13-9-6-10-14-18/h5-14,16,20H,4,15H2,1-3H3. The largest absolute Gasteiger partial charge is 0.469 e. The molecule has 0 radical (unpaired) electrons. The first kappa shape index (κ1) is 20.4. The molecular formula is C22H25NO4. The van der Waals surface area contributed by atoms with Crippen molar-refractivity contribution in [1.82, 2.24) is 0 Å². The maximum atomic E-state index is 12.6. The van der Waals surface area contributed by atoms with E-state index in [1.54, 1.807) is 13.8 Å². The summed E-state index contributed by atoms with van der Waals surface area (Å²) < 4.78 is 9.96. The SMILES string of the molecule is CCOC(=O)C(N=C(c1ccccc1)c1ccccc1)C(C)CC(=O)OC. The summed E-state index contributed by atoms with van der Waals surface area (Å²) in [6, 6.07) is 18.5. The van der Waals surface area contributed by atoms with Crippen LogP contribution < -0.4 is 0 Å². The lowest BCUT2D eigenvalue weighted by molar-refractivity contribution is -0.147. The molecular weight excluding hydrogens is 342 g/mol. The molecule has 0 heterocycles. The van der Waals surface area contributed by atoms with Crippen LogP contribution >= 0.6 is 0 Å². The molecule has 2 atom stereocenters. The Kier molecular flexibility index (Phi) is 7.74. The molecule has 2 aromatic carbocycles. The summed E-state index contributed by atoms with van der Waals surface area (Å²) in [5.41, 5.74) is 2.47. The zero-order chi connectivity index (χ0) is 19.6. The Morgan fingerprint density at radius 2 is 1.48 bits per heavy atom. The molecule has 0 amide bonds. The van der Waals surface area contributed by atoms with E-state index in [1.807, 2.05) is 60.7 Å². The van der Waals surface area contributed by atoms with Gasteiger partial charge in [-0.3, -0.25) is 9.79 Å². The number of hydrogen-bond donors (Lipinski definition) is 0. The number of benzene rings is 2. The van der Waals surface area contributed by atoms with Gasteiger partial charge in [-0.25, -0.2) is 4.79 Å². The van der Waals surface area contributed by atoms with Crippen molar-refractivity contribution in [2.24, 2.45) is 10.9 Å². The van der Waals surface area contributed by atoms with Gasteiger partial charge in [0.05, 0.1) is 25.8 Å². The fourth-order valence-electron chi connectivity index (χ4n) is 2.74. The van der Waals surface area contributed by atoms with E-state index < -0.39 is 12.0 Å². The summed E-state index contributed by atoms with van der Waals surface area (Å²) in [6.07, 6.45) is 0.0837. The number of rotatable bonds is 8. The van der Waals surface area contributed by atoms with Crippen LogP contribution in [0.25, 0.3) is 0 Å². The first-order chi connectivity index (χ1) is 13.1. The van der Waals surface area contributed by atoms with Gasteiger partial charge in [0.25, 0.3) is 0 Å². The average Bonchev–Trinajstić information content (AvgIpc) is 2.70. The third kappa shape index (κ3) is 5.78. The quantitative estimate of drug-likeness (QED) is 0.528. The molecule has 142 valence electrons. The summed E-state index contributed by atoms with van der Waals surface area (Å²) in [7, 11) is 1.33. The minimum atomic E-state index is -0.806. The number of esters is 2. The van der Waals surface area contributed by atoms with Crippen LogP contribution in [0, 0.1) is 5.92 Å². The van der Waals surface area contributed by atoms with Crippen molar-refractivity contribution >= 4 is 17.7 Å². The fourth-order valence-corrected chi connectivity index (χ4v) is 2.74. The van der Waals surface area contributed by atoms with Crippen LogP contribution in [-0.2, 0) is 19.1 Å². The zero-order valence-corrected chi connectivity index (χ0v) is 15.9. The van der Waals surface area contributed by atoms with Crippen molar-refractivity contribution in [2.45, 2.75) is 26.3 Å². The van der Waals surface area contributed by atoms with Crippen LogP contribution in [0.5, 0.6) is 0 Å². The minimum Gasteiger partial charge on any atom is -0.469 e. The average molecular weight is 367 g/mol. The zero-order valence-electron chi connectivity index (χ0n) is 15.9. The molecule has 0 fully saturated rings. The Morgan fingerprint density at radius 3 is 1.93 bits per heavy atom. The van der Waals surface area contributed by atoms with Crippen molar-refractivity contribution in [2.75, 3.05) is 13.7 Å². The van der Waals surface area contributed by atoms with E-state index in [1.165, 1.54) is 7.11 Å². The van der Waals surface area contributed by atoms with E-state index >= 15 is 0 Å². The van der Waals surface area contributed by atoms with Gasteiger partial charge < -0.3 is 9.47 Å². The van der Waals surface area contributed by atoms with E-state index in [0.29, 0.717) is 5.71 Å². The monoisotopic (exact) mass is 367 g/mol. The van der Waals surface area contributed by atoms with Crippen LogP contribution in [0.1, 0.15) is 31.4 Å². The summed E-state index contributed by atoms with van der Waals surface area (Å²) in [4.78, 5) is 29.0. The molecule has 0 aliphatic rings. The summed E-state index contributed by atoms with van der Waals surface area (Å²) >= 11 is 0. The summed E-state index contributed by atoms with van der Waals surface area (Å²) in [5.74, 6) is -1.19. The molecule has 2 aromatic rings. The lowest BCUT2D eigenvalue weighted by atomic mass is 9.96. The van der Waals surface area contributed by atoms with Gasteiger partial charge in [0, 0.05) is 11.1 Å². The van der Waals surface area contributed by atoms with Crippen molar-refractivity contribution in [3.05, 3.63) is 71.8 Å². The first-order valence-electron chi connectivity index (χ1n) is 8.98. The Morgan fingerprint density at radius 1 is 0.963 bits per heavy atom. The van der Waals surface area contributed by atoms with Crippen LogP contribution in [0.3, 0.4) is 0 Å². The van der Waals surface area contributed by atoms with Crippen molar-refractivity contribution < 1.29 is 19.1 Å². The maximum Gasteiger partial charge on any atom is 0.331 e. The van der Waals surface area contributed by atoms with E-state index in [9.17, 15) is 9.59 Å². The Bertz CT molecular complexity index is 730. The third-order valence-electron chi connectivity index (χ3n) is 4.15. The predicted octanol–water partition coefficient (Wildman–Crippen LogP) is 3.65. The summed E-state index contributed by atoms with van der Waals surface area (Å²) in [5, 5.41) is 0. The molecule has 2 unspecified atom stereocenters. The van der Waals surface area contributed by atoms with E-state index in [2.05, 4.69) is 0 Å². The molecule has 0 N–H and O–H groups in total. The van der Waals surface area contributed by atoms with Gasteiger partial charge in [-0.05, 0) is 12.8 Å². The number of aliphatic imine (C=N–C) groups is 1. The van der Waals surface area contributed by atoms with Crippen molar-refractivity contribution in [3.8, 4) is 0 Å². The topological polar surface area (TPSA) is 65.0 Å². The van der Waals surface area contributed by atoms with Gasteiger partial charge in [-0.2, -0.15) is 0 Å². The second-order valence-electron chi connectivity index (χ2n) is 6.16. The smallest absolute Gasteiger partial charge is 0.331 e. The van der Waals surface area contributed by atoms with Gasteiger partial charge in [0.1, 0.15) is 0 Å². The number of ether oxygens (including phenoxy) is 2. The highest BCUT2D eigenvalue weighted by Crippen LogP contribution is 2.19. The molecule has 0 aromatic heterocycles. The van der Waals surface area contributed by atoms with Crippen LogP contribution in [0.2, 0.25) is 0 Å². The molecule has 0 saturated carbocycles. The lowest BCUT2D eigenvalue weighted by Gasteiger charge is -2.20. The number of carbonyl (C=O) groups excluding carboxylic acids is 2. The second kappa shape index (κ2) is 10.3. The van der Waals surface area contributed by atoms with Gasteiger partial charge in [0.15, 0.2) is 6.04 Å². The molecule has 0 bridgehead atoms. The van der Waals surface area contributed by atoms with Crippen LogP contribution in [0.15, 0.2) is 65.7 Å². The van der Waals surface area contributed by atoms with Gasteiger partial charge in [-0.15, -0.1) is 0 Å². The lowest BCUT2D eigenvalue weighted by Crippen LogP contribution is -2.31. The molecule has 5 heteroatoms. The summed E-state index contributed by atoms with van der Waals surface area (Å²) in [6.45, 7) is 3.80. The highest BCUT2D eigenvalue weighted by molar-refractivity contribution is 6.13. The van der Waals surface area contributed by atoms with E-state index in [-0.39, 0.29) is 24.9 Å². The number of nitrogens with zero attached hydrogens (tertiary/aromatic N) is 1. The normalized spacial score (nSPS) is 12.6. The van der Waals surface area contributed by atoms with E-state index in [0.717, 1.165) is 11.1 Å². The van der Waals surface area contributed by atoms with Crippen molar-refractivity contribution in [1.29, 1.82) is 0 Å². The van der Waals surface area contributed by atoms with Crippen molar-refractivity contribution in [3.63, 3.8) is 0 Å². The molecule has 2 rings (SSSR count). The highest BCUT2D eigenvalue weighted by atomic mass is 16.5. The minimum absolute atomic E-state index is 0.0837. The van der Waals surface area contributed by atoms with Crippen LogP contribution in [-0.4, -0.2) is 37.4 Å². The first-order valence-corrected chi connectivity index (χ1v) is 8.98. The number of methoxy groups -OCH3 is 1. The second-order valence-corrected chi connectivity index (χ2v) is 6.16. The van der Waals surface area contributed by atoms with Gasteiger partial charge in [-0.1, -0.05) is 67.6 Å². The fraction of sp³-hybridized carbons (Fsp3) is 0.318. The molecule has 5 nitrogen and oxygen atoms in total. The molecule has 0 saturated heterocycles. The van der Waals surface area contributed by atoms with Gasteiger partial charge in [0.2, 0.25) is 0 Å². The van der Waals surface area contributed by atoms with Crippen LogP contribution in [0.4, 0.5) is 0 Å². The molecule has 27 heavy (non-hydrogen) atoms. The highest BCUT2D eigenvalue weighted by Gasteiger charge is 2.29. The Hall–Kier alpha value is -2.95. The number of carbonyl (C=O) groups is 2. The number of hydrogen-bond acceptors (Lipinski definition) is 5. The molecule has 0 aliphatic heterocycles. The molecule has 0 spiro atoms.